The zero-order valence-corrected chi connectivity index (χ0v) is 10.7. The summed E-state index contributed by atoms with van der Waals surface area (Å²) in [6.07, 6.45) is 4.00. The van der Waals surface area contributed by atoms with Crippen LogP contribution in [0, 0.1) is 0 Å². The van der Waals surface area contributed by atoms with Crippen molar-refractivity contribution in [2.75, 3.05) is 6.54 Å². The molecule has 0 unspecified atom stereocenters. The first-order chi connectivity index (χ1) is 8.09. The Balaban J connectivity index is 2.31. The average molecular weight is 235 g/mol. The third-order valence-electron chi connectivity index (χ3n) is 2.47. The molecule has 0 aliphatic heterocycles. The van der Waals surface area contributed by atoms with Gasteiger partial charge in [0.15, 0.2) is 0 Å². The molecule has 1 aromatic heterocycles. The Morgan fingerprint density at radius 3 is 2.76 bits per heavy atom. The summed E-state index contributed by atoms with van der Waals surface area (Å²) in [5.74, 6) is 0.0644. The third kappa shape index (κ3) is 5.45. The van der Waals surface area contributed by atoms with Crippen LogP contribution in [0.25, 0.3) is 0 Å². The first-order valence-electron chi connectivity index (χ1n) is 6.02. The normalized spacial score (nSPS) is 12.5. The van der Waals surface area contributed by atoms with Gasteiger partial charge in [-0.05, 0) is 18.6 Å². The van der Waals surface area contributed by atoms with Crippen molar-refractivity contribution >= 4 is 5.91 Å². The van der Waals surface area contributed by atoms with E-state index in [1.54, 1.807) is 12.4 Å². The minimum Gasteiger partial charge on any atom is -0.349 e. The molecule has 1 aromatic rings. The Bertz CT molecular complexity index is 338. The highest BCUT2D eigenvalue weighted by atomic mass is 16.1. The van der Waals surface area contributed by atoms with Gasteiger partial charge in [0, 0.05) is 31.4 Å². The number of carbonyl (C=O) groups excluding carboxylic acids is 1. The molecular formula is C13H21N3O. The lowest BCUT2D eigenvalue weighted by Crippen LogP contribution is -2.31. The van der Waals surface area contributed by atoms with Gasteiger partial charge in [0.05, 0.1) is 6.04 Å². The van der Waals surface area contributed by atoms with Crippen molar-refractivity contribution in [3.63, 3.8) is 0 Å². The van der Waals surface area contributed by atoms with Crippen LogP contribution in [-0.4, -0.2) is 23.5 Å². The Morgan fingerprint density at radius 2 is 2.18 bits per heavy atom. The molecule has 0 radical (unpaired) electrons. The zero-order chi connectivity index (χ0) is 12.7. The van der Waals surface area contributed by atoms with Crippen molar-refractivity contribution < 1.29 is 4.79 Å². The van der Waals surface area contributed by atoms with E-state index in [0.29, 0.717) is 19.0 Å². The molecule has 0 aliphatic rings. The van der Waals surface area contributed by atoms with Gasteiger partial charge >= 0.3 is 0 Å². The zero-order valence-electron chi connectivity index (χ0n) is 10.7. The fourth-order valence-corrected chi connectivity index (χ4v) is 1.50. The van der Waals surface area contributed by atoms with Gasteiger partial charge in [-0.15, -0.1) is 0 Å². The van der Waals surface area contributed by atoms with Crippen LogP contribution >= 0.6 is 0 Å². The quantitative estimate of drug-likeness (QED) is 0.788. The van der Waals surface area contributed by atoms with Gasteiger partial charge in [-0.3, -0.25) is 9.78 Å². The summed E-state index contributed by atoms with van der Waals surface area (Å²) >= 11 is 0. The van der Waals surface area contributed by atoms with E-state index in [1.165, 1.54) is 0 Å². The average Bonchev–Trinajstić information content (AvgIpc) is 2.29. The summed E-state index contributed by atoms with van der Waals surface area (Å²) in [5.41, 5.74) is 1.03. The molecule has 1 rings (SSSR count). The van der Waals surface area contributed by atoms with E-state index in [4.69, 9.17) is 0 Å². The molecule has 4 nitrogen and oxygen atoms in total. The van der Waals surface area contributed by atoms with Crippen LogP contribution in [0.5, 0.6) is 0 Å². The third-order valence-corrected chi connectivity index (χ3v) is 2.47. The summed E-state index contributed by atoms with van der Waals surface area (Å²) < 4.78 is 0. The predicted molar refractivity (Wildman–Crippen MR) is 68.6 cm³/mol. The summed E-state index contributed by atoms with van der Waals surface area (Å²) in [5, 5.41) is 6.17. The Hall–Kier alpha value is -1.42. The van der Waals surface area contributed by atoms with Crippen LogP contribution in [-0.2, 0) is 4.79 Å². The number of carbonyl (C=O) groups is 1. The Morgan fingerprint density at radius 1 is 1.41 bits per heavy atom. The van der Waals surface area contributed by atoms with Gasteiger partial charge in [0.2, 0.25) is 5.91 Å². The van der Waals surface area contributed by atoms with Crippen molar-refractivity contribution in [2.45, 2.75) is 39.3 Å². The highest BCUT2D eigenvalue weighted by Crippen LogP contribution is 2.09. The molecule has 17 heavy (non-hydrogen) atoms. The van der Waals surface area contributed by atoms with E-state index in [-0.39, 0.29) is 11.9 Å². The Kier molecular flexibility index (Phi) is 5.63. The lowest BCUT2D eigenvalue weighted by molar-refractivity contribution is -0.121. The molecule has 0 spiro atoms. The number of pyridine rings is 1. The lowest BCUT2D eigenvalue weighted by Gasteiger charge is -2.14. The second-order valence-electron chi connectivity index (χ2n) is 4.43. The minimum absolute atomic E-state index is 0.00949. The predicted octanol–water partition coefficient (Wildman–Crippen LogP) is 1.65. The standard InChI is InChI=1S/C13H21N3O/c1-10(2)15-8-6-13(17)16-11(3)12-5-4-7-14-9-12/h4-5,7,9-11,15H,6,8H2,1-3H3,(H,16,17)/t11-/m0/s1. The van der Waals surface area contributed by atoms with Crippen molar-refractivity contribution in [2.24, 2.45) is 0 Å². The van der Waals surface area contributed by atoms with Crippen molar-refractivity contribution in [1.82, 2.24) is 15.6 Å². The molecule has 2 N–H and O–H groups in total. The number of nitrogens with one attached hydrogen (secondary N) is 2. The van der Waals surface area contributed by atoms with E-state index in [2.05, 4.69) is 29.5 Å². The van der Waals surface area contributed by atoms with Crippen molar-refractivity contribution in [3.05, 3.63) is 30.1 Å². The fourth-order valence-electron chi connectivity index (χ4n) is 1.50. The van der Waals surface area contributed by atoms with Crippen LogP contribution in [0.2, 0.25) is 0 Å². The SMILES string of the molecule is CC(C)NCCC(=O)N[C@@H](C)c1cccnc1. The maximum atomic E-state index is 11.6. The van der Waals surface area contributed by atoms with Gasteiger partial charge in [-0.2, -0.15) is 0 Å². The maximum Gasteiger partial charge on any atom is 0.221 e. The summed E-state index contributed by atoms with van der Waals surface area (Å²) in [6.45, 7) is 6.81. The topological polar surface area (TPSA) is 54.0 Å². The van der Waals surface area contributed by atoms with Crippen molar-refractivity contribution in [3.8, 4) is 0 Å². The lowest BCUT2D eigenvalue weighted by atomic mass is 10.1. The molecule has 1 atom stereocenters. The summed E-state index contributed by atoms with van der Waals surface area (Å²) in [7, 11) is 0. The number of aromatic nitrogens is 1. The van der Waals surface area contributed by atoms with Gasteiger partial charge in [-0.25, -0.2) is 0 Å². The Labute approximate surface area is 103 Å². The highest BCUT2D eigenvalue weighted by Gasteiger charge is 2.08. The van der Waals surface area contributed by atoms with Crippen molar-refractivity contribution in [1.29, 1.82) is 0 Å². The van der Waals surface area contributed by atoms with E-state index in [0.717, 1.165) is 5.56 Å². The largest absolute Gasteiger partial charge is 0.349 e. The second kappa shape index (κ2) is 7.01. The second-order valence-corrected chi connectivity index (χ2v) is 4.43. The van der Waals surface area contributed by atoms with Crippen LogP contribution in [0.3, 0.4) is 0 Å². The molecule has 0 bridgehead atoms. The summed E-state index contributed by atoms with van der Waals surface area (Å²) in [6, 6.07) is 4.26. The van der Waals surface area contributed by atoms with E-state index in [1.807, 2.05) is 19.1 Å². The first-order valence-corrected chi connectivity index (χ1v) is 6.02. The van der Waals surface area contributed by atoms with E-state index in [9.17, 15) is 4.79 Å². The molecule has 94 valence electrons. The van der Waals surface area contributed by atoms with Gasteiger partial charge in [-0.1, -0.05) is 19.9 Å². The molecule has 0 aliphatic carbocycles. The molecule has 1 amide bonds. The number of hydrogen-bond donors (Lipinski definition) is 2. The van der Waals surface area contributed by atoms with Gasteiger partial charge < -0.3 is 10.6 Å². The number of nitrogens with zero attached hydrogens (tertiary/aromatic N) is 1. The number of rotatable bonds is 6. The first kappa shape index (κ1) is 13.6. The van der Waals surface area contributed by atoms with E-state index < -0.39 is 0 Å². The molecule has 0 saturated heterocycles. The minimum atomic E-state index is 0.00949. The molecular weight excluding hydrogens is 214 g/mol. The van der Waals surface area contributed by atoms with E-state index >= 15 is 0 Å². The van der Waals surface area contributed by atoms with Crippen LogP contribution in [0.4, 0.5) is 0 Å². The maximum absolute atomic E-state index is 11.6. The summed E-state index contributed by atoms with van der Waals surface area (Å²) in [4.78, 5) is 15.7. The monoisotopic (exact) mass is 235 g/mol. The van der Waals surface area contributed by atoms with Gasteiger partial charge in [0.25, 0.3) is 0 Å². The fraction of sp³-hybridized carbons (Fsp3) is 0.538. The molecule has 1 heterocycles. The van der Waals surface area contributed by atoms with Crippen LogP contribution in [0.1, 0.15) is 38.8 Å². The molecule has 0 aromatic carbocycles. The molecule has 4 heteroatoms. The molecule has 0 saturated carbocycles. The highest BCUT2D eigenvalue weighted by molar-refractivity contribution is 5.76. The number of amides is 1. The number of hydrogen-bond acceptors (Lipinski definition) is 3. The molecule has 0 fully saturated rings. The van der Waals surface area contributed by atoms with Crippen LogP contribution < -0.4 is 10.6 Å². The van der Waals surface area contributed by atoms with Gasteiger partial charge in [0.1, 0.15) is 0 Å². The smallest absolute Gasteiger partial charge is 0.221 e. The van der Waals surface area contributed by atoms with Crippen LogP contribution in [0.15, 0.2) is 24.5 Å².